The van der Waals surface area contributed by atoms with Gasteiger partial charge in [-0.25, -0.2) is 0 Å². The fraction of sp³-hybridized carbons (Fsp3) is 0.474. The van der Waals surface area contributed by atoms with Gasteiger partial charge < -0.3 is 14.8 Å². The van der Waals surface area contributed by atoms with Crippen LogP contribution in [0.5, 0.6) is 11.5 Å². The number of hydrogen-bond donors (Lipinski definition) is 1. The molecule has 1 atom stereocenters. The Balaban J connectivity index is 1.70. The predicted molar refractivity (Wildman–Crippen MR) is 96.3 cm³/mol. The van der Waals surface area contributed by atoms with Crippen LogP contribution in [0, 0.1) is 6.92 Å². The molecule has 0 radical (unpaired) electrons. The summed E-state index contributed by atoms with van der Waals surface area (Å²) in [5.41, 5.74) is 3.85. The molecule has 1 aromatic heterocycles. The number of carbonyl (C=O) groups is 1. The normalized spacial score (nSPS) is 15.6. The summed E-state index contributed by atoms with van der Waals surface area (Å²) in [6.07, 6.45) is 4.03. The number of nitrogens with zero attached hydrogens (tertiary/aromatic N) is 2. The maximum atomic E-state index is 12.4. The zero-order valence-corrected chi connectivity index (χ0v) is 15.3. The zero-order valence-electron chi connectivity index (χ0n) is 15.3. The maximum absolute atomic E-state index is 12.4. The number of aryl methyl sites for hydroxylation is 3. The number of rotatable bonds is 6. The quantitative estimate of drug-likeness (QED) is 0.875. The molecule has 2 aromatic rings. The molecule has 0 bridgehead atoms. The Labute approximate surface area is 148 Å². The van der Waals surface area contributed by atoms with E-state index in [9.17, 15) is 4.79 Å². The molecule has 0 aliphatic carbocycles. The van der Waals surface area contributed by atoms with Crippen molar-refractivity contribution in [3.05, 3.63) is 35.2 Å². The van der Waals surface area contributed by atoms with Gasteiger partial charge in [-0.15, -0.1) is 0 Å². The zero-order chi connectivity index (χ0) is 18.0. The molecule has 134 valence electrons. The number of fused-ring (bicyclic) bond motifs is 1. The van der Waals surface area contributed by atoms with Gasteiger partial charge in [0.05, 0.1) is 18.0 Å². The number of hydrogen-bond acceptors (Lipinski definition) is 4. The van der Waals surface area contributed by atoms with Crippen molar-refractivity contribution < 1.29 is 14.3 Å². The number of aromatic nitrogens is 2. The Morgan fingerprint density at radius 2 is 2.28 bits per heavy atom. The molecule has 1 N–H and O–H groups in total. The van der Waals surface area contributed by atoms with Crippen LogP contribution >= 0.6 is 0 Å². The first-order valence-corrected chi connectivity index (χ1v) is 8.71. The van der Waals surface area contributed by atoms with E-state index < -0.39 is 0 Å². The van der Waals surface area contributed by atoms with Crippen LogP contribution in [0.15, 0.2) is 18.3 Å². The van der Waals surface area contributed by atoms with Crippen molar-refractivity contribution in [3.63, 3.8) is 0 Å². The van der Waals surface area contributed by atoms with Crippen molar-refractivity contribution in [1.82, 2.24) is 9.78 Å². The Morgan fingerprint density at radius 3 is 2.96 bits per heavy atom. The molecule has 1 aliphatic heterocycles. The lowest BCUT2D eigenvalue weighted by Crippen LogP contribution is -2.13. The van der Waals surface area contributed by atoms with Gasteiger partial charge in [-0.2, -0.15) is 5.10 Å². The van der Waals surface area contributed by atoms with Gasteiger partial charge in [0.2, 0.25) is 5.91 Å². The third-order valence-corrected chi connectivity index (χ3v) is 4.31. The van der Waals surface area contributed by atoms with Gasteiger partial charge in [0, 0.05) is 37.7 Å². The number of amides is 1. The van der Waals surface area contributed by atoms with Crippen LogP contribution in [-0.4, -0.2) is 28.4 Å². The van der Waals surface area contributed by atoms with E-state index in [1.165, 1.54) is 0 Å². The monoisotopic (exact) mass is 343 g/mol. The lowest BCUT2D eigenvalue weighted by molar-refractivity contribution is -0.116. The molecule has 1 aromatic carbocycles. The highest BCUT2D eigenvalue weighted by Gasteiger charge is 2.22. The molecule has 1 aliphatic rings. The average molecular weight is 343 g/mol. The van der Waals surface area contributed by atoms with E-state index in [1.54, 1.807) is 4.68 Å². The van der Waals surface area contributed by atoms with Crippen molar-refractivity contribution in [2.24, 2.45) is 7.05 Å². The number of anilines is 1. The van der Waals surface area contributed by atoms with E-state index >= 15 is 0 Å². The first-order chi connectivity index (χ1) is 12.0. The summed E-state index contributed by atoms with van der Waals surface area (Å²) in [5, 5.41) is 7.27. The summed E-state index contributed by atoms with van der Waals surface area (Å²) in [4.78, 5) is 12.4. The molecular formula is C19H25N3O3. The summed E-state index contributed by atoms with van der Waals surface area (Å²) in [7, 11) is 1.89. The highest BCUT2D eigenvalue weighted by atomic mass is 16.5. The van der Waals surface area contributed by atoms with Crippen molar-refractivity contribution >= 4 is 11.6 Å². The molecule has 2 heterocycles. The molecule has 0 saturated heterocycles. The second-order valence-corrected chi connectivity index (χ2v) is 6.48. The summed E-state index contributed by atoms with van der Waals surface area (Å²) in [6.45, 7) is 6.48. The van der Waals surface area contributed by atoms with E-state index in [0.717, 1.165) is 29.0 Å². The Kier molecular flexibility index (Phi) is 4.97. The van der Waals surface area contributed by atoms with Crippen molar-refractivity contribution in [1.29, 1.82) is 0 Å². The lowest BCUT2D eigenvalue weighted by Gasteiger charge is -2.13. The van der Waals surface area contributed by atoms with Gasteiger partial charge >= 0.3 is 0 Å². The first-order valence-electron chi connectivity index (χ1n) is 8.71. The van der Waals surface area contributed by atoms with Crippen molar-refractivity contribution in [2.45, 2.75) is 46.1 Å². The van der Waals surface area contributed by atoms with E-state index in [0.29, 0.717) is 30.9 Å². The van der Waals surface area contributed by atoms with Gasteiger partial charge in [-0.3, -0.25) is 9.48 Å². The van der Waals surface area contributed by atoms with Crippen LogP contribution < -0.4 is 14.8 Å². The lowest BCUT2D eigenvalue weighted by atomic mass is 10.1. The van der Waals surface area contributed by atoms with Gasteiger partial charge in [0.1, 0.15) is 17.6 Å². The number of nitrogens with one attached hydrogen (secondary N) is 1. The summed E-state index contributed by atoms with van der Waals surface area (Å²) < 4.78 is 13.3. The van der Waals surface area contributed by atoms with E-state index in [1.807, 2.05) is 46.1 Å². The van der Waals surface area contributed by atoms with Crippen LogP contribution in [0.3, 0.4) is 0 Å². The molecule has 25 heavy (non-hydrogen) atoms. The molecule has 1 amide bonds. The Bertz CT molecular complexity index is 782. The third kappa shape index (κ3) is 3.95. The minimum Gasteiger partial charge on any atom is -0.492 e. The smallest absolute Gasteiger partial charge is 0.224 e. The van der Waals surface area contributed by atoms with Crippen LogP contribution in [0.25, 0.3) is 0 Å². The average Bonchev–Trinajstić information content (AvgIpc) is 3.06. The molecule has 0 spiro atoms. The van der Waals surface area contributed by atoms with E-state index in [4.69, 9.17) is 9.47 Å². The fourth-order valence-electron chi connectivity index (χ4n) is 3.17. The summed E-state index contributed by atoms with van der Waals surface area (Å²) in [5.74, 6) is 1.48. The van der Waals surface area contributed by atoms with Crippen LogP contribution in [-0.2, 0) is 24.7 Å². The van der Waals surface area contributed by atoms with E-state index in [2.05, 4.69) is 10.4 Å². The minimum atomic E-state index is -0.0461. The fourth-order valence-corrected chi connectivity index (χ4v) is 3.17. The van der Waals surface area contributed by atoms with Gasteiger partial charge in [0.15, 0.2) is 0 Å². The van der Waals surface area contributed by atoms with E-state index in [-0.39, 0.29) is 12.0 Å². The number of ether oxygens (including phenoxy) is 2. The van der Waals surface area contributed by atoms with Crippen molar-refractivity contribution in [3.8, 4) is 11.5 Å². The van der Waals surface area contributed by atoms with Gasteiger partial charge in [-0.05, 0) is 38.8 Å². The maximum Gasteiger partial charge on any atom is 0.224 e. The van der Waals surface area contributed by atoms with Crippen LogP contribution in [0.4, 0.5) is 5.69 Å². The minimum absolute atomic E-state index is 0.0461. The Morgan fingerprint density at radius 1 is 1.48 bits per heavy atom. The van der Waals surface area contributed by atoms with Crippen molar-refractivity contribution in [2.75, 3.05) is 11.9 Å². The summed E-state index contributed by atoms with van der Waals surface area (Å²) >= 11 is 0. The standard InChI is InChI=1S/C19H25N3O3/c1-5-24-18-9-15-8-12(2)25-17(15)10-16(18)20-19(23)7-6-14-11-22(4)21-13(14)3/h9-12H,5-8H2,1-4H3,(H,20,23)/t12-/m0/s1. The Hall–Kier alpha value is -2.50. The predicted octanol–water partition coefficient (Wildman–Crippen LogP) is 3.02. The second-order valence-electron chi connectivity index (χ2n) is 6.48. The second kappa shape index (κ2) is 7.17. The topological polar surface area (TPSA) is 65.4 Å². The molecule has 6 heteroatoms. The number of benzene rings is 1. The molecule has 0 fully saturated rings. The largest absolute Gasteiger partial charge is 0.492 e. The van der Waals surface area contributed by atoms with Crippen LogP contribution in [0.1, 0.15) is 37.1 Å². The SMILES string of the molecule is CCOc1cc2c(cc1NC(=O)CCc1cn(C)nc1C)O[C@@H](C)C2. The van der Waals surface area contributed by atoms with Gasteiger partial charge in [-0.1, -0.05) is 0 Å². The van der Waals surface area contributed by atoms with Crippen LogP contribution in [0.2, 0.25) is 0 Å². The molecule has 6 nitrogen and oxygen atoms in total. The first kappa shape index (κ1) is 17.3. The molecule has 3 rings (SSSR count). The summed E-state index contributed by atoms with van der Waals surface area (Å²) in [6, 6.07) is 3.85. The third-order valence-electron chi connectivity index (χ3n) is 4.31. The molecular weight excluding hydrogens is 318 g/mol. The highest BCUT2D eigenvalue weighted by molar-refractivity contribution is 5.93. The number of carbonyl (C=O) groups excluding carboxylic acids is 1. The molecule has 0 unspecified atom stereocenters. The van der Waals surface area contributed by atoms with Gasteiger partial charge in [0.25, 0.3) is 0 Å². The highest BCUT2D eigenvalue weighted by Crippen LogP contribution is 2.38. The molecule has 0 saturated carbocycles.